The highest BCUT2D eigenvalue weighted by molar-refractivity contribution is 4.98. The van der Waals surface area contributed by atoms with E-state index in [-0.39, 0.29) is 0 Å². The summed E-state index contributed by atoms with van der Waals surface area (Å²) in [6.45, 7) is 5.24. The van der Waals surface area contributed by atoms with Crippen LogP contribution in [0.4, 0.5) is 0 Å². The van der Waals surface area contributed by atoms with Gasteiger partial charge in [0.05, 0.1) is 6.26 Å². The van der Waals surface area contributed by atoms with E-state index in [1.54, 1.807) is 6.26 Å². The third-order valence-electron chi connectivity index (χ3n) is 3.96. The van der Waals surface area contributed by atoms with Crippen molar-refractivity contribution in [2.75, 3.05) is 19.8 Å². The Balaban J connectivity index is 1.76. The van der Waals surface area contributed by atoms with Crippen molar-refractivity contribution in [1.29, 1.82) is 0 Å². The van der Waals surface area contributed by atoms with Gasteiger partial charge in [0.25, 0.3) is 0 Å². The summed E-state index contributed by atoms with van der Waals surface area (Å²) in [5, 5.41) is 3.70. The summed E-state index contributed by atoms with van der Waals surface area (Å²) in [5.41, 5.74) is 0. The molecule has 19 heavy (non-hydrogen) atoms. The standard InChI is InChI=1S/C16H27NO2/c1-2-9-17-15(5-6-16-4-3-10-19-16)13-14-7-11-18-12-8-14/h3-4,10,14-15,17H,2,5-9,11-13H2,1H3. The van der Waals surface area contributed by atoms with Crippen molar-refractivity contribution in [3.05, 3.63) is 24.2 Å². The molecule has 3 heteroatoms. The van der Waals surface area contributed by atoms with Crippen LogP contribution in [0.1, 0.15) is 44.8 Å². The SMILES string of the molecule is CCCNC(CCc1ccco1)CC1CCOCC1. The van der Waals surface area contributed by atoms with Gasteiger partial charge >= 0.3 is 0 Å². The Morgan fingerprint density at radius 2 is 2.21 bits per heavy atom. The van der Waals surface area contributed by atoms with Crippen molar-refractivity contribution in [1.82, 2.24) is 5.32 Å². The third kappa shape index (κ3) is 5.37. The summed E-state index contributed by atoms with van der Waals surface area (Å²) in [5.74, 6) is 1.94. The average Bonchev–Trinajstić information content (AvgIpc) is 2.96. The number of hydrogen-bond acceptors (Lipinski definition) is 3. The second-order valence-corrected chi connectivity index (χ2v) is 5.56. The number of furan rings is 1. The summed E-state index contributed by atoms with van der Waals surface area (Å²) in [4.78, 5) is 0. The lowest BCUT2D eigenvalue weighted by Gasteiger charge is -2.27. The van der Waals surface area contributed by atoms with Crippen molar-refractivity contribution in [3.8, 4) is 0 Å². The first-order valence-electron chi connectivity index (χ1n) is 7.72. The van der Waals surface area contributed by atoms with Crippen molar-refractivity contribution < 1.29 is 9.15 Å². The second kappa shape index (κ2) is 8.39. The minimum absolute atomic E-state index is 0.619. The van der Waals surface area contributed by atoms with E-state index in [9.17, 15) is 0 Å². The maximum atomic E-state index is 5.45. The Kier molecular flexibility index (Phi) is 6.45. The number of nitrogens with one attached hydrogen (secondary N) is 1. The molecule has 0 aromatic carbocycles. The summed E-state index contributed by atoms with van der Waals surface area (Å²) in [6.07, 6.45) is 8.91. The van der Waals surface area contributed by atoms with Crippen LogP contribution in [0.5, 0.6) is 0 Å². The van der Waals surface area contributed by atoms with E-state index in [2.05, 4.69) is 18.3 Å². The molecule has 1 aromatic rings. The van der Waals surface area contributed by atoms with Crippen LogP contribution in [0.25, 0.3) is 0 Å². The van der Waals surface area contributed by atoms with Gasteiger partial charge in [0.15, 0.2) is 0 Å². The molecule has 1 saturated heterocycles. The molecular formula is C16H27NO2. The molecule has 0 aliphatic carbocycles. The highest BCUT2D eigenvalue weighted by Gasteiger charge is 2.19. The predicted octanol–water partition coefficient (Wildman–Crippen LogP) is 3.40. The fourth-order valence-corrected chi connectivity index (χ4v) is 2.81. The molecule has 0 spiro atoms. The van der Waals surface area contributed by atoms with E-state index < -0.39 is 0 Å². The highest BCUT2D eigenvalue weighted by Crippen LogP contribution is 2.22. The second-order valence-electron chi connectivity index (χ2n) is 5.56. The van der Waals surface area contributed by atoms with Gasteiger partial charge in [-0.2, -0.15) is 0 Å². The molecule has 108 valence electrons. The van der Waals surface area contributed by atoms with Crippen LogP contribution in [0, 0.1) is 5.92 Å². The molecule has 3 nitrogen and oxygen atoms in total. The third-order valence-corrected chi connectivity index (χ3v) is 3.96. The normalized spacial score (nSPS) is 18.6. The number of aryl methyl sites for hydroxylation is 1. The maximum absolute atomic E-state index is 5.45. The Bertz CT molecular complexity index is 317. The van der Waals surface area contributed by atoms with E-state index in [1.165, 1.54) is 32.1 Å². The molecule has 1 aliphatic rings. The van der Waals surface area contributed by atoms with Crippen molar-refractivity contribution >= 4 is 0 Å². The molecule has 1 fully saturated rings. The van der Waals surface area contributed by atoms with Crippen LogP contribution in [-0.4, -0.2) is 25.8 Å². The van der Waals surface area contributed by atoms with Gasteiger partial charge in [-0.05, 0) is 56.7 Å². The monoisotopic (exact) mass is 265 g/mol. The molecule has 0 radical (unpaired) electrons. The van der Waals surface area contributed by atoms with Crippen molar-refractivity contribution in [3.63, 3.8) is 0 Å². The molecule has 1 aromatic heterocycles. The van der Waals surface area contributed by atoms with Gasteiger partial charge in [-0.3, -0.25) is 0 Å². The van der Waals surface area contributed by atoms with Crippen LogP contribution in [0.15, 0.2) is 22.8 Å². The minimum Gasteiger partial charge on any atom is -0.469 e. The zero-order chi connectivity index (χ0) is 13.3. The molecule has 0 saturated carbocycles. The first-order chi connectivity index (χ1) is 9.38. The Morgan fingerprint density at radius 3 is 2.89 bits per heavy atom. The van der Waals surface area contributed by atoms with E-state index in [1.807, 2.05) is 6.07 Å². The summed E-state index contributed by atoms with van der Waals surface area (Å²) in [7, 11) is 0. The zero-order valence-electron chi connectivity index (χ0n) is 12.1. The average molecular weight is 265 g/mol. The first-order valence-corrected chi connectivity index (χ1v) is 7.72. The molecule has 0 amide bonds. The lowest BCUT2D eigenvalue weighted by Crippen LogP contribution is -2.33. The van der Waals surface area contributed by atoms with Crippen LogP contribution in [0.3, 0.4) is 0 Å². The fraction of sp³-hybridized carbons (Fsp3) is 0.750. The summed E-state index contributed by atoms with van der Waals surface area (Å²) < 4.78 is 10.9. The Morgan fingerprint density at radius 1 is 1.37 bits per heavy atom. The molecule has 1 unspecified atom stereocenters. The van der Waals surface area contributed by atoms with E-state index in [0.717, 1.165) is 37.9 Å². The number of hydrogen-bond donors (Lipinski definition) is 1. The highest BCUT2D eigenvalue weighted by atomic mass is 16.5. The lowest BCUT2D eigenvalue weighted by atomic mass is 9.90. The lowest BCUT2D eigenvalue weighted by molar-refractivity contribution is 0.0602. The van der Waals surface area contributed by atoms with Crippen LogP contribution >= 0.6 is 0 Å². The van der Waals surface area contributed by atoms with E-state index >= 15 is 0 Å². The summed E-state index contributed by atoms with van der Waals surface area (Å²) in [6, 6.07) is 4.67. The molecule has 1 atom stereocenters. The smallest absolute Gasteiger partial charge is 0.103 e. The van der Waals surface area contributed by atoms with Gasteiger partial charge in [-0.25, -0.2) is 0 Å². The zero-order valence-corrected chi connectivity index (χ0v) is 12.1. The van der Waals surface area contributed by atoms with Gasteiger partial charge < -0.3 is 14.5 Å². The predicted molar refractivity (Wildman–Crippen MR) is 77.3 cm³/mol. The topological polar surface area (TPSA) is 34.4 Å². The van der Waals surface area contributed by atoms with E-state index in [0.29, 0.717) is 6.04 Å². The van der Waals surface area contributed by atoms with Gasteiger partial charge in [0.2, 0.25) is 0 Å². The van der Waals surface area contributed by atoms with Gasteiger partial charge in [-0.1, -0.05) is 6.92 Å². The fourth-order valence-electron chi connectivity index (χ4n) is 2.81. The summed E-state index contributed by atoms with van der Waals surface area (Å²) >= 11 is 0. The van der Waals surface area contributed by atoms with Gasteiger partial charge in [0.1, 0.15) is 5.76 Å². The molecule has 0 bridgehead atoms. The van der Waals surface area contributed by atoms with Crippen LogP contribution in [0.2, 0.25) is 0 Å². The number of ether oxygens (including phenoxy) is 1. The van der Waals surface area contributed by atoms with Crippen LogP contribution < -0.4 is 5.32 Å². The quantitative estimate of drug-likeness (QED) is 0.782. The van der Waals surface area contributed by atoms with Crippen LogP contribution in [-0.2, 0) is 11.2 Å². The van der Waals surface area contributed by atoms with E-state index in [4.69, 9.17) is 9.15 Å². The Labute approximate surface area is 116 Å². The Hall–Kier alpha value is -0.800. The molecule has 2 heterocycles. The molecular weight excluding hydrogens is 238 g/mol. The first kappa shape index (κ1) is 14.6. The largest absolute Gasteiger partial charge is 0.469 e. The number of rotatable bonds is 8. The molecule has 2 rings (SSSR count). The van der Waals surface area contributed by atoms with Gasteiger partial charge in [-0.15, -0.1) is 0 Å². The van der Waals surface area contributed by atoms with Crippen molar-refractivity contribution in [2.45, 2.75) is 51.5 Å². The molecule has 1 N–H and O–H groups in total. The van der Waals surface area contributed by atoms with Crippen molar-refractivity contribution in [2.24, 2.45) is 5.92 Å². The minimum atomic E-state index is 0.619. The maximum Gasteiger partial charge on any atom is 0.103 e. The molecule has 1 aliphatic heterocycles. The van der Waals surface area contributed by atoms with Gasteiger partial charge in [0, 0.05) is 25.7 Å².